The number of rotatable bonds is 6. The van der Waals surface area contributed by atoms with Gasteiger partial charge in [0, 0.05) is 48.4 Å². The van der Waals surface area contributed by atoms with Crippen LogP contribution in [0.1, 0.15) is 61.6 Å². The molecule has 0 atom stereocenters. The Hall–Kier alpha value is -3.71. The lowest BCUT2D eigenvalue weighted by atomic mass is 9.96. The van der Waals surface area contributed by atoms with Crippen molar-refractivity contribution in [2.45, 2.75) is 59.4 Å². The Morgan fingerprint density at radius 1 is 1.05 bits per heavy atom. The van der Waals surface area contributed by atoms with E-state index in [1.54, 1.807) is 18.5 Å². The maximum atomic E-state index is 16.0. The lowest BCUT2D eigenvalue weighted by Crippen LogP contribution is -2.31. The first kappa shape index (κ1) is 26.5. The zero-order chi connectivity index (χ0) is 28.1. The van der Waals surface area contributed by atoms with Crippen LogP contribution in [0.3, 0.4) is 0 Å². The number of aromatic nitrogens is 4. The highest BCUT2D eigenvalue weighted by Gasteiger charge is 2.31. The molecule has 4 heterocycles. The standard InChI is InChI=1S/C32H32ClF2N5/c1-5-19-8-7-9-20(6-2)30(19)40-31(28-22-10-12-36-29(22)24(33)15-25(28)34)23-17-39(13-11-27(23)38-40)32-26(35)14-21(16-37-32)18(3)4/h7-10,12,14-16,18,36H,5-6,11,13,17H2,1-4H3. The molecule has 0 radical (unpaired) electrons. The molecule has 0 fully saturated rings. The fourth-order valence-electron chi connectivity index (χ4n) is 5.85. The van der Waals surface area contributed by atoms with Gasteiger partial charge in [-0.2, -0.15) is 5.10 Å². The third-order valence-corrected chi connectivity index (χ3v) is 8.30. The van der Waals surface area contributed by atoms with E-state index in [1.165, 1.54) is 6.07 Å². The van der Waals surface area contributed by atoms with Crippen LogP contribution in [0.15, 0.2) is 48.8 Å². The van der Waals surface area contributed by atoms with E-state index < -0.39 is 5.82 Å². The summed E-state index contributed by atoms with van der Waals surface area (Å²) in [5.74, 6) is -0.285. The predicted molar refractivity (Wildman–Crippen MR) is 158 cm³/mol. The number of para-hydroxylation sites is 1. The van der Waals surface area contributed by atoms with Crippen LogP contribution < -0.4 is 4.90 Å². The fraction of sp³-hybridized carbons (Fsp3) is 0.312. The molecule has 1 aliphatic heterocycles. The molecule has 1 aliphatic rings. The molecular weight excluding hydrogens is 528 g/mol. The fourth-order valence-corrected chi connectivity index (χ4v) is 6.11. The topological polar surface area (TPSA) is 49.7 Å². The number of hydrogen-bond acceptors (Lipinski definition) is 3. The van der Waals surface area contributed by atoms with Crippen molar-refractivity contribution in [2.24, 2.45) is 0 Å². The third-order valence-electron chi connectivity index (χ3n) is 8.00. The van der Waals surface area contributed by atoms with E-state index in [0.717, 1.165) is 46.5 Å². The van der Waals surface area contributed by atoms with Crippen LogP contribution in [-0.2, 0) is 25.8 Å². The number of aromatic amines is 1. The lowest BCUT2D eigenvalue weighted by Gasteiger charge is -2.28. The highest BCUT2D eigenvalue weighted by atomic mass is 35.5. The third kappa shape index (κ3) is 4.27. The van der Waals surface area contributed by atoms with Crippen LogP contribution in [-0.4, -0.2) is 26.3 Å². The molecule has 0 amide bonds. The van der Waals surface area contributed by atoms with Crippen LogP contribution in [0, 0.1) is 11.6 Å². The molecule has 1 N–H and O–H groups in total. The number of fused-ring (bicyclic) bond motifs is 2. The molecule has 206 valence electrons. The summed E-state index contributed by atoms with van der Waals surface area (Å²) >= 11 is 6.44. The number of aryl methyl sites for hydroxylation is 2. The van der Waals surface area contributed by atoms with Gasteiger partial charge in [0.1, 0.15) is 5.82 Å². The average Bonchev–Trinajstić information content (AvgIpc) is 3.58. The number of H-pyrrole nitrogens is 1. The number of nitrogens with one attached hydrogen (secondary N) is 1. The van der Waals surface area contributed by atoms with Gasteiger partial charge in [0.2, 0.25) is 0 Å². The van der Waals surface area contributed by atoms with Gasteiger partial charge in [-0.05, 0) is 53.6 Å². The largest absolute Gasteiger partial charge is 0.360 e. The van der Waals surface area contributed by atoms with E-state index >= 15 is 8.78 Å². The van der Waals surface area contributed by atoms with E-state index in [1.807, 2.05) is 29.5 Å². The Kier molecular flexibility index (Phi) is 6.87. The molecule has 2 aromatic carbocycles. The normalized spacial score (nSPS) is 13.4. The molecule has 40 heavy (non-hydrogen) atoms. The molecule has 0 saturated carbocycles. The number of hydrogen-bond donors (Lipinski definition) is 1. The summed E-state index contributed by atoms with van der Waals surface area (Å²) in [6.45, 7) is 9.19. The predicted octanol–water partition coefficient (Wildman–Crippen LogP) is 8.16. The van der Waals surface area contributed by atoms with Gasteiger partial charge < -0.3 is 9.88 Å². The molecule has 8 heteroatoms. The minimum absolute atomic E-state index is 0.178. The Morgan fingerprint density at radius 3 is 2.48 bits per heavy atom. The summed E-state index contributed by atoms with van der Waals surface area (Å²) in [6.07, 6.45) is 5.71. The van der Waals surface area contributed by atoms with Crippen molar-refractivity contribution in [3.63, 3.8) is 0 Å². The molecule has 5 aromatic rings. The number of benzene rings is 2. The number of halogens is 3. The highest BCUT2D eigenvalue weighted by molar-refractivity contribution is 6.35. The molecule has 6 rings (SSSR count). The molecule has 0 spiro atoms. The van der Waals surface area contributed by atoms with Crippen molar-refractivity contribution < 1.29 is 8.78 Å². The second-order valence-corrected chi connectivity index (χ2v) is 11.1. The lowest BCUT2D eigenvalue weighted by molar-refractivity contribution is 0.595. The van der Waals surface area contributed by atoms with Gasteiger partial charge in [-0.3, -0.25) is 0 Å². The Bertz CT molecular complexity index is 1710. The van der Waals surface area contributed by atoms with E-state index in [0.29, 0.717) is 52.5 Å². The summed E-state index contributed by atoms with van der Waals surface area (Å²) in [4.78, 5) is 9.61. The second-order valence-electron chi connectivity index (χ2n) is 10.7. The monoisotopic (exact) mass is 559 g/mol. The zero-order valence-corrected chi connectivity index (χ0v) is 23.9. The van der Waals surface area contributed by atoms with Gasteiger partial charge in [-0.1, -0.05) is 57.5 Å². The maximum absolute atomic E-state index is 16.0. The van der Waals surface area contributed by atoms with Crippen molar-refractivity contribution in [1.29, 1.82) is 0 Å². The first-order chi connectivity index (χ1) is 19.3. The number of nitrogens with zero attached hydrogens (tertiary/aromatic N) is 4. The maximum Gasteiger partial charge on any atom is 0.165 e. The van der Waals surface area contributed by atoms with Crippen LogP contribution in [0.25, 0.3) is 27.8 Å². The summed E-state index contributed by atoms with van der Waals surface area (Å²) in [5, 5.41) is 6.13. The summed E-state index contributed by atoms with van der Waals surface area (Å²) < 4.78 is 33.3. The molecule has 0 bridgehead atoms. The Morgan fingerprint density at radius 2 is 1.80 bits per heavy atom. The first-order valence-corrected chi connectivity index (χ1v) is 14.3. The zero-order valence-electron chi connectivity index (χ0n) is 23.2. The van der Waals surface area contributed by atoms with Crippen molar-refractivity contribution in [1.82, 2.24) is 19.7 Å². The van der Waals surface area contributed by atoms with E-state index in [2.05, 4.69) is 42.0 Å². The van der Waals surface area contributed by atoms with Gasteiger partial charge in [-0.25, -0.2) is 18.4 Å². The van der Waals surface area contributed by atoms with E-state index in [-0.39, 0.29) is 11.7 Å². The Balaban J connectivity index is 1.60. The van der Waals surface area contributed by atoms with Crippen molar-refractivity contribution in [3.8, 4) is 16.9 Å². The highest BCUT2D eigenvalue weighted by Crippen LogP contribution is 2.42. The van der Waals surface area contributed by atoms with Crippen molar-refractivity contribution >= 4 is 28.3 Å². The van der Waals surface area contributed by atoms with Crippen LogP contribution >= 0.6 is 11.6 Å². The average molecular weight is 560 g/mol. The van der Waals surface area contributed by atoms with E-state index in [4.69, 9.17) is 16.7 Å². The van der Waals surface area contributed by atoms with Crippen molar-refractivity contribution in [2.75, 3.05) is 11.4 Å². The van der Waals surface area contributed by atoms with Crippen LogP contribution in [0.2, 0.25) is 5.02 Å². The van der Waals surface area contributed by atoms with Gasteiger partial charge in [-0.15, -0.1) is 0 Å². The molecular formula is C32H32ClF2N5. The summed E-state index contributed by atoms with van der Waals surface area (Å²) in [7, 11) is 0. The second kappa shape index (κ2) is 10.4. The molecule has 5 nitrogen and oxygen atoms in total. The minimum atomic E-state index is -0.421. The Labute approximate surface area is 237 Å². The van der Waals surface area contributed by atoms with Crippen LogP contribution in [0.4, 0.5) is 14.6 Å². The van der Waals surface area contributed by atoms with Gasteiger partial charge in [0.05, 0.1) is 27.6 Å². The quantitative estimate of drug-likeness (QED) is 0.228. The summed E-state index contributed by atoms with van der Waals surface area (Å²) in [6, 6.07) is 11.0. The number of anilines is 1. The SMILES string of the molecule is CCc1cccc(CC)c1-n1nc2c(c1-c1c(F)cc(Cl)c3[nH]ccc13)CN(c1ncc(C(C)C)cc1F)CC2. The van der Waals surface area contributed by atoms with Crippen LogP contribution in [0.5, 0.6) is 0 Å². The first-order valence-electron chi connectivity index (χ1n) is 13.9. The number of pyridine rings is 1. The van der Waals surface area contributed by atoms with Crippen molar-refractivity contribution in [3.05, 3.63) is 93.4 Å². The molecule has 0 saturated heterocycles. The smallest absolute Gasteiger partial charge is 0.165 e. The molecule has 3 aromatic heterocycles. The summed E-state index contributed by atoms with van der Waals surface area (Å²) in [5.41, 5.74) is 7.64. The van der Waals surface area contributed by atoms with E-state index in [9.17, 15) is 0 Å². The van der Waals surface area contributed by atoms with Gasteiger partial charge in [0.15, 0.2) is 11.6 Å². The van der Waals surface area contributed by atoms with Gasteiger partial charge in [0.25, 0.3) is 0 Å². The molecule has 0 aliphatic carbocycles. The van der Waals surface area contributed by atoms with Gasteiger partial charge >= 0.3 is 0 Å². The molecule has 0 unspecified atom stereocenters. The minimum Gasteiger partial charge on any atom is -0.360 e.